The van der Waals surface area contributed by atoms with E-state index in [9.17, 15) is 13.2 Å². The molecule has 0 amide bonds. The first-order chi connectivity index (χ1) is 7.80. The summed E-state index contributed by atoms with van der Waals surface area (Å²) in [4.78, 5) is 10.3. The first-order valence-corrected chi connectivity index (χ1v) is 7.24. The number of rotatable bonds is 5. The zero-order valence-electron chi connectivity index (χ0n) is 8.69. The summed E-state index contributed by atoms with van der Waals surface area (Å²) in [5.74, 6) is -1.83. The molecule has 1 aromatic carbocycles. The van der Waals surface area contributed by atoms with E-state index in [-0.39, 0.29) is 10.8 Å². The molecule has 0 aliphatic carbocycles. The van der Waals surface area contributed by atoms with E-state index in [0.29, 0.717) is 10.6 Å². The Hall–Kier alpha value is -0.780. The summed E-state index contributed by atoms with van der Waals surface area (Å²) in [6, 6.07) is 4.50. The maximum atomic E-state index is 11.6. The van der Waals surface area contributed by atoms with Gasteiger partial charge in [-0.1, -0.05) is 29.3 Å². The monoisotopic (exact) mass is 296 g/mol. The van der Waals surface area contributed by atoms with Crippen LogP contribution in [-0.2, 0) is 20.4 Å². The fourth-order valence-corrected chi connectivity index (χ4v) is 3.10. The fraction of sp³-hybridized carbons (Fsp3) is 0.300. The maximum absolute atomic E-state index is 11.6. The average Bonchev–Trinajstić information content (AvgIpc) is 2.20. The van der Waals surface area contributed by atoms with Crippen LogP contribution in [0.25, 0.3) is 0 Å². The summed E-state index contributed by atoms with van der Waals surface area (Å²) in [6.45, 7) is 0. The average molecular weight is 297 g/mol. The van der Waals surface area contributed by atoms with E-state index in [1.807, 2.05) is 0 Å². The Bertz CT molecular complexity index is 525. The second-order valence-electron chi connectivity index (χ2n) is 3.47. The minimum Gasteiger partial charge on any atom is -0.481 e. The van der Waals surface area contributed by atoms with Gasteiger partial charge in [0, 0.05) is 10.0 Å². The van der Waals surface area contributed by atoms with E-state index >= 15 is 0 Å². The highest BCUT2D eigenvalue weighted by Crippen LogP contribution is 2.23. The standard InChI is InChI=1S/C10H10Cl2O4S/c11-8-2-1-7(9(12)5-8)6-17(15,16)4-3-10(13)14/h1-2,5H,3-4,6H2,(H,13,14). The van der Waals surface area contributed by atoms with Gasteiger partial charge in [-0.25, -0.2) is 8.42 Å². The molecule has 0 aromatic heterocycles. The third-order valence-corrected chi connectivity index (χ3v) is 4.18. The van der Waals surface area contributed by atoms with Crippen molar-refractivity contribution in [2.24, 2.45) is 0 Å². The predicted molar refractivity (Wildman–Crippen MR) is 66.2 cm³/mol. The summed E-state index contributed by atoms with van der Waals surface area (Å²) < 4.78 is 23.2. The lowest BCUT2D eigenvalue weighted by atomic mass is 10.2. The third kappa shape index (κ3) is 4.93. The maximum Gasteiger partial charge on any atom is 0.304 e. The number of halogens is 2. The van der Waals surface area contributed by atoms with Crippen molar-refractivity contribution in [3.8, 4) is 0 Å². The second kappa shape index (κ2) is 5.71. The fourth-order valence-electron chi connectivity index (χ4n) is 1.19. The van der Waals surface area contributed by atoms with Crippen molar-refractivity contribution < 1.29 is 18.3 Å². The molecule has 1 N–H and O–H groups in total. The van der Waals surface area contributed by atoms with Crippen LogP contribution in [0.15, 0.2) is 18.2 Å². The SMILES string of the molecule is O=C(O)CCS(=O)(=O)Cc1ccc(Cl)cc1Cl. The molecule has 0 unspecified atom stereocenters. The van der Waals surface area contributed by atoms with Gasteiger partial charge in [0.1, 0.15) is 0 Å². The van der Waals surface area contributed by atoms with Gasteiger partial charge in [0.2, 0.25) is 0 Å². The van der Waals surface area contributed by atoms with Crippen LogP contribution in [0.4, 0.5) is 0 Å². The number of hydrogen-bond donors (Lipinski definition) is 1. The number of carboxylic acid groups (broad SMARTS) is 1. The molecule has 4 nitrogen and oxygen atoms in total. The smallest absolute Gasteiger partial charge is 0.304 e. The highest BCUT2D eigenvalue weighted by molar-refractivity contribution is 7.90. The highest BCUT2D eigenvalue weighted by Gasteiger charge is 2.16. The number of hydrogen-bond acceptors (Lipinski definition) is 3. The van der Waals surface area contributed by atoms with Gasteiger partial charge < -0.3 is 5.11 Å². The van der Waals surface area contributed by atoms with Crippen LogP contribution >= 0.6 is 23.2 Å². The predicted octanol–water partition coefficient (Wildman–Crippen LogP) is 2.38. The molecular weight excluding hydrogens is 287 g/mol. The molecule has 17 heavy (non-hydrogen) atoms. The van der Waals surface area contributed by atoms with Crippen molar-refractivity contribution in [3.05, 3.63) is 33.8 Å². The van der Waals surface area contributed by atoms with E-state index < -0.39 is 28.0 Å². The second-order valence-corrected chi connectivity index (χ2v) is 6.50. The molecule has 0 spiro atoms. The van der Waals surface area contributed by atoms with Crippen LogP contribution in [0.1, 0.15) is 12.0 Å². The van der Waals surface area contributed by atoms with Crippen molar-refractivity contribution in [1.29, 1.82) is 0 Å². The lowest BCUT2D eigenvalue weighted by Crippen LogP contribution is -2.13. The van der Waals surface area contributed by atoms with E-state index in [1.165, 1.54) is 18.2 Å². The lowest BCUT2D eigenvalue weighted by Gasteiger charge is -2.05. The Morgan fingerprint density at radius 2 is 1.94 bits per heavy atom. The van der Waals surface area contributed by atoms with E-state index in [2.05, 4.69) is 0 Å². The van der Waals surface area contributed by atoms with Gasteiger partial charge in [-0.2, -0.15) is 0 Å². The number of carboxylic acids is 1. The van der Waals surface area contributed by atoms with Crippen LogP contribution in [0.5, 0.6) is 0 Å². The molecule has 0 aliphatic rings. The van der Waals surface area contributed by atoms with Gasteiger partial charge >= 0.3 is 5.97 Å². The van der Waals surface area contributed by atoms with Gasteiger partial charge in [0.05, 0.1) is 17.9 Å². The molecule has 0 bridgehead atoms. The molecule has 0 aliphatic heterocycles. The topological polar surface area (TPSA) is 71.4 Å². The van der Waals surface area contributed by atoms with Crippen LogP contribution in [0.3, 0.4) is 0 Å². The summed E-state index contributed by atoms with van der Waals surface area (Å²) in [5, 5.41) is 9.10. The van der Waals surface area contributed by atoms with Crippen LogP contribution in [0, 0.1) is 0 Å². The van der Waals surface area contributed by atoms with Gasteiger partial charge in [0.15, 0.2) is 9.84 Å². The first-order valence-electron chi connectivity index (χ1n) is 4.66. The van der Waals surface area contributed by atoms with Crippen LogP contribution in [0.2, 0.25) is 10.0 Å². The molecule has 0 heterocycles. The number of aliphatic carboxylic acids is 1. The first kappa shape index (κ1) is 14.3. The Kier molecular flexibility index (Phi) is 4.80. The molecule has 7 heteroatoms. The van der Waals surface area contributed by atoms with Gasteiger partial charge in [-0.05, 0) is 17.7 Å². The minimum atomic E-state index is -3.47. The zero-order chi connectivity index (χ0) is 13.1. The molecule has 0 fully saturated rings. The van der Waals surface area contributed by atoms with Crippen LogP contribution in [-0.4, -0.2) is 25.2 Å². The number of sulfone groups is 1. The number of carbonyl (C=O) groups is 1. The largest absolute Gasteiger partial charge is 0.481 e. The minimum absolute atomic E-state index is 0.261. The third-order valence-electron chi connectivity index (χ3n) is 2.02. The van der Waals surface area contributed by atoms with Gasteiger partial charge in [0.25, 0.3) is 0 Å². The molecular formula is C10H10Cl2O4S. The summed E-state index contributed by atoms with van der Waals surface area (Å²) in [7, 11) is -3.47. The van der Waals surface area contributed by atoms with Crippen molar-refractivity contribution in [2.45, 2.75) is 12.2 Å². The van der Waals surface area contributed by atoms with E-state index in [1.54, 1.807) is 0 Å². The molecule has 0 saturated carbocycles. The van der Waals surface area contributed by atoms with Gasteiger partial charge in [-0.3, -0.25) is 4.79 Å². The molecule has 0 saturated heterocycles. The quantitative estimate of drug-likeness (QED) is 0.905. The van der Waals surface area contributed by atoms with Crippen molar-refractivity contribution in [2.75, 3.05) is 5.75 Å². The van der Waals surface area contributed by atoms with Crippen molar-refractivity contribution >= 4 is 39.0 Å². The Balaban J connectivity index is 2.79. The molecule has 0 radical (unpaired) electrons. The Labute approximate surface area is 109 Å². The zero-order valence-corrected chi connectivity index (χ0v) is 11.0. The molecule has 1 aromatic rings. The Morgan fingerprint density at radius 3 is 2.47 bits per heavy atom. The summed E-state index contributed by atoms with van der Waals surface area (Å²) in [5.41, 5.74) is 0.418. The highest BCUT2D eigenvalue weighted by atomic mass is 35.5. The lowest BCUT2D eigenvalue weighted by molar-refractivity contribution is -0.136. The van der Waals surface area contributed by atoms with Gasteiger partial charge in [-0.15, -0.1) is 0 Å². The molecule has 1 rings (SSSR count). The van der Waals surface area contributed by atoms with Crippen molar-refractivity contribution in [1.82, 2.24) is 0 Å². The van der Waals surface area contributed by atoms with E-state index in [4.69, 9.17) is 28.3 Å². The van der Waals surface area contributed by atoms with E-state index in [0.717, 1.165) is 0 Å². The normalized spacial score (nSPS) is 11.4. The van der Waals surface area contributed by atoms with Crippen molar-refractivity contribution in [3.63, 3.8) is 0 Å². The molecule has 0 atom stereocenters. The Morgan fingerprint density at radius 1 is 1.29 bits per heavy atom. The summed E-state index contributed by atoms with van der Waals surface area (Å²) >= 11 is 11.5. The number of benzene rings is 1. The summed E-state index contributed by atoms with van der Waals surface area (Å²) in [6.07, 6.45) is -0.409. The molecule has 94 valence electrons. The van der Waals surface area contributed by atoms with Crippen LogP contribution < -0.4 is 0 Å².